The van der Waals surface area contributed by atoms with Crippen LogP contribution in [-0.2, 0) is 4.79 Å². The fourth-order valence-electron chi connectivity index (χ4n) is 1.45. The van der Waals surface area contributed by atoms with E-state index >= 15 is 0 Å². The third-order valence-corrected chi connectivity index (χ3v) is 2.44. The molecule has 1 atom stereocenters. The number of aliphatic hydroxyl groups is 1. The van der Waals surface area contributed by atoms with Crippen molar-refractivity contribution in [1.82, 2.24) is 5.32 Å². The summed E-state index contributed by atoms with van der Waals surface area (Å²) in [7, 11) is 0. The van der Waals surface area contributed by atoms with Crippen LogP contribution in [0.15, 0.2) is 30.3 Å². The van der Waals surface area contributed by atoms with Gasteiger partial charge in [-0.1, -0.05) is 30.3 Å². The highest BCUT2D eigenvalue weighted by molar-refractivity contribution is 5.52. The molecule has 0 heterocycles. The molecule has 0 aliphatic heterocycles. The zero-order chi connectivity index (χ0) is 11.3. The van der Waals surface area contributed by atoms with E-state index in [1.807, 2.05) is 44.2 Å². The van der Waals surface area contributed by atoms with Gasteiger partial charge in [-0.15, -0.1) is 0 Å². The van der Waals surface area contributed by atoms with Crippen molar-refractivity contribution >= 4 is 6.29 Å². The lowest BCUT2D eigenvalue weighted by Gasteiger charge is -2.31. The highest BCUT2D eigenvalue weighted by Gasteiger charge is 2.27. The number of nitrogens with one attached hydrogen (secondary N) is 1. The van der Waals surface area contributed by atoms with E-state index < -0.39 is 11.6 Å². The Kier molecular flexibility index (Phi) is 4.00. The van der Waals surface area contributed by atoms with Gasteiger partial charge in [0.15, 0.2) is 0 Å². The molecule has 0 fully saturated rings. The highest BCUT2D eigenvalue weighted by Crippen LogP contribution is 2.24. The van der Waals surface area contributed by atoms with Gasteiger partial charge >= 0.3 is 0 Å². The van der Waals surface area contributed by atoms with Crippen molar-refractivity contribution in [2.75, 3.05) is 6.54 Å². The van der Waals surface area contributed by atoms with Crippen molar-refractivity contribution in [2.45, 2.75) is 25.5 Å². The third kappa shape index (κ3) is 3.15. The monoisotopic (exact) mass is 207 g/mol. The van der Waals surface area contributed by atoms with Gasteiger partial charge in [-0.3, -0.25) is 0 Å². The molecule has 1 aromatic rings. The van der Waals surface area contributed by atoms with Gasteiger partial charge < -0.3 is 15.2 Å². The van der Waals surface area contributed by atoms with Crippen molar-refractivity contribution in [2.24, 2.45) is 0 Å². The Bertz CT molecular complexity index is 309. The van der Waals surface area contributed by atoms with Gasteiger partial charge in [-0.25, -0.2) is 0 Å². The molecule has 82 valence electrons. The van der Waals surface area contributed by atoms with Gasteiger partial charge in [0, 0.05) is 5.54 Å². The topological polar surface area (TPSA) is 49.3 Å². The second-order valence-corrected chi connectivity index (χ2v) is 4.08. The van der Waals surface area contributed by atoms with E-state index in [4.69, 9.17) is 0 Å². The summed E-state index contributed by atoms with van der Waals surface area (Å²) in [6, 6.07) is 9.41. The highest BCUT2D eigenvalue weighted by atomic mass is 16.3. The molecule has 0 saturated heterocycles. The van der Waals surface area contributed by atoms with Crippen LogP contribution in [0.3, 0.4) is 0 Å². The summed E-state index contributed by atoms with van der Waals surface area (Å²) in [5, 5.41) is 13.1. The number of rotatable bonds is 5. The predicted octanol–water partition coefficient (Wildman–Crippen LogP) is 1.29. The predicted molar refractivity (Wildman–Crippen MR) is 59.5 cm³/mol. The lowest BCUT2D eigenvalue weighted by Crippen LogP contribution is -2.45. The van der Waals surface area contributed by atoms with E-state index in [1.165, 1.54) is 0 Å². The summed E-state index contributed by atoms with van der Waals surface area (Å²) < 4.78 is 0. The molecule has 0 spiro atoms. The average molecular weight is 207 g/mol. The van der Waals surface area contributed by atoms with Crippen LogP contribution in [0.25, 0.3) is 0 Å². The minimum absolute atomic E-state index is 0.247. The first-order chi connectivity index (χ1) is 7.08. The summed E-state index contributed by atoms with van der Waals surface area (Å²) in [6.45, 7) is 3.99. The Morgan fingerprint density at radius 1 is 1.40 bits per heavy atom. The Balaban J connectivity index is 2.74. The minimum atomic E-state index is -0.626. The largest absolute Gasteiger partial charge is 0.387 e. The first kappa shape index (κ1) is 11.9. The van der Waals surface area contributed by atoms with Gasteiger partial charge in [0.1, 0.15) is 6.29 Å². The van der Waals surface area contributed by atoms with Crippen LogP contribution in [0.4, 0.5) is 0 Å². The maximum atomic E-state index is 10.3. The van der Waals surface area contributed by atoms with E-state index in [0.717, 1.165) is 11.8 Å². The Morgan fingerprint density at radius 3 is 2.53 bits per heavy atom. The fraction of sp³-hybridized carbons (Fsp3) is 0.417. The number of carbonyl (C=O) groups excluding carboxylic acids is 1. The molecule has 1 rings (SSSR count). The van der Waals surface area contributed by atoms with Crippen molar-refractivity contribution in [1.29, 1.82) is 0 Å². The normalized spacial score (nSPS) is 13.5. The molecular formula is C12H17NO2. The zero-order valence-electron chi connectivity index (χ0n) is 9.10. The first-order valence-corrected chi connectivity index (χ1v) is 4.99. The van der Waals surface area contributed by atoms with Crippen LogP contribution >= 0.6 is 0 Å². The minimum Gasteiger partial charge on any atom is -0.387 e. The third-order valence-electron chi connectivity index (χ3n) is 2.44. The Morgan fingerprint density at radius 2 is 2.00 bits per heavy atom. The van der Waals surface area contributed by atoms with Crippen molar-refractivity contribution in [3.63, 3.8) is 0 Å². The lowest BCUT2D eigenvalue weighted by molar-refractivity contribution is -0.107. The smallest absolute Gasteiger partial charge is 0.133 e. The maximum Gasteiger partial charge on any atom is 0.133 e. The van der Waals surface area contributed by atoms with E-state index in [0.29, 0.717) is 0 Å². The number of aliphatic hydroxyl groups excluding tert-OH is 1. The number of hydrogen-bond acceptors (Lipinski definition) is 3. The summed E-state index contributed by atoms with van der Waals surface area (Å²) in [6.07, 6.45) is 0.165. The molecule has 0 saturated carbocycles. The Hall–Kier alpha value is -1.19. The van der Waals surface area contributed by atoms with E-state index in [-0.39, 0.29) is 6.54 Å². The van der Waals surface area contributed by atoms with Crippen LogP contribution in [0, 0.1) is 0 Å². The summed E-state index contributed by atoms with van der Waals surface area (Å²) in [5.74, 6) is 0. The molecule has 0 aliphatic rings. The summed E-state index contributed by atoms with van der Waals surface area (Å²) in [4.78, 5) is 10.3. The fourth-order valence-corrected chi connectivity index (χ4v) is 1.45. The van der Waals surface area contributed by atoms with Gasteiger partial charge in [-0.05, 0) is 19.4 Å². The van der Waals surface area contributed by atoms with Gasteiger partial charge in [0.25, 0.3) is 0 Å². The molecular weight excluding hydrogens is 190 g/mol. The molecule has 0 radical (unpaired) electrons. The first-order valence-electron chi connectivity index (χ1n) is 4.99. The van der Waals surface area contributed by atoms with Gasteiger partial charge in [0.2, 0.25) is 0 Å². The van der Waals surface area contributed by atoms with E-state index in [1.54, 1.807) is 0 Å². The average Bonchev–Trinajstić information content (AvgIpc) is 2.26. The quantitative estimate of drug-likeness (QED) is 0.715. The van der Waals surface area contributed by atoms with Crippen LogP contribution < -0.4 is 5.32 Å². The van der Waals surface area contributed by atoms with Crippen LogP contribution in [0.1, 0.15) is 25.5 Å². The molecule has 3 nitrogen and oxygen atoms in total. The van der Waals surface area contributed by atoms with Crippen molar-refractivity contribution in [3.05, 3.63) is 35.9 Å². The summed E-state index contributed by atoms with van der Waals surface area (Å²) >= 11 is 0. The molecule has 1 unspecified atom stereocenters. The van der Waals surface area contributed by atoms with E-state index in [2.05, 4.69) is 5.32 Å². The standard InChI is InChI=1S/C12H17NO2/c1-12(2,13-8-9-14)11(15)10-6-4-3-5-7-10/h3-7,9,11,13,15H,8H2,1-2H3. The van der Waals surface area contributed by atoms with Gasteiger partial charge in [-0.2, -0.15) is 0 Å². The maximum absolute atomic E-state index is 10.3. The molecule has 2 N–H and O–H groups in total. The van der Waals surface area contributed by atoms with Crippen LogP contribution in [0.5, 0.6) is 0 Å². The molecule has 0 aromatic heterocycles. The molecule has 3 heteroatoms. The van der Waals surface area contributed by atoms with Crippen molar-refractivity contribution in [3.8, 4) is 0 Å². The number of carbonyl (C=O) groups is 1. The van der Waals surface area contributed by atoms with Gasteiger partial charge in [0.05, 0.1) is 12.6 Å². The molecule has 0 amide bonds. The zero-order valence-corrected chi connectivity index (χ0v) is 9.10. The second kappa shape index (κ2) is 5.05. The van der Waals surface area contributed by atoms with Crippen LogP contribution in [0.2, 0.25) is 0 Å². The molecule has 0 bridgehead atoms. The number of benzene rings is 1. The SMILES string of the molecule is CC(C)(NCC=O)C(O)c1ccccc1. The van der Waals surface area contributed by atoms with Crippen LogP contribution in [-0.4, -0.2) is 23.5 Å². The van der Waals surface area contributed by atoms with Crippen molar-refractivity contribution < 1.29 is 9.90 Å². The molecule has 1 aromatic carbocycles. The molecule has 0 aliphatic carbocycles. The lowest BCUT2D eigenvalue weighted by atomic mass is 9.91. The number of aldehydes is 1. The van der Waals surface area contributed by atoms with E-state index in [9.17, 15) is 9.90 Å². The Labute approximate surface area is 90.1 Å². The number of hydrogen-bond donors (Lipinski definition) is 2. The second-order valence-electron chi connectivity index (χ2n) is 4.08. The summed E-state index contributed by atoms with van der Waals surface area (Å²) in [5.41, 5.74) is 0.336. The molecule has 15 heavy (non-hydrogen) atoms.